The fourth-order valence-corrected chi connectivity index (χ4v) is 1.97. The average molecular weight is 250 g/mol. The Morgan fingerprint density at radius 3 is 2.53 bits per heavy atom. The first-order chi connectivity index (χ1) is 9.33. The molecule has 0 amide bonds. The summed E-state index contributed by atoms with van der Waals surface area (Å²) in [7, 11) is 0. The van der Waals surface area contributed by atoms with Gasteiger partial charge in [-0.1, -0.05) is 30.3 Å². The second-order valence-electron chi connectivity index (χ2n) is 4.33. The molecule has 0 aliphatic rings. The van der Waals surface area contributed by atoms with Crippen LogP contribution in [0.4, 0.5) is 5.69 Å². The smallest absolute Gasteiger partial charge is 0.136 e. The molecule has 3 aromatic rings. The van der Waals surface area contributed by atoms with Crippen LogP contribution >= 0.6 is 0 Å². The van der Waals surface area contributed by atoms with E-state index in [9.17, 15) is 0 Å². The Hall–Kier alpha value is -2.55. The van der Waals surface area contributed by atoms with Crippen molar-refractivity contribution in [2.75, 3.05) is 5.43 Å². The minimum absolute atomic E-state index is 0.840. The van der Waals surface area contributed by atoms with Crippen LogP contribution in [0.2, 0.25) is 0 Å². The van der Waals surface area contributed by atoms with Gasteiger partial charge in [0.05, 0.1) is 11.0 Å². The minimum atomic E-state index is 0.840. The van der Waals surface area contributed by atoms with Gasteiger partial charge in [0.2, 0.25) is 0 Å². The van der Waals surface area contributed by atoms with Crippen molar-refractivity contribution in [2.45, 2.75) is 6.92 Å². The molecule has 0 fully saturated rings. The second-order valence-corrected chi connectivity index (χ2v) is 4.33. The summed E-state index contributed by atoms with van der Waals surface area (Å²) in [5, 5.41) is 6.33. The zero-order valence-corrected chi connectivity index (χ0v) is 10.6. The van der Waals surface area contributed by atoms with Crippen LogP contribution < -0.4 is 10.8 Å². The molecular weight excluding hydrogens is 236 g/mol. The first-order valence-electron chi connectivity index (χ1n) is 6.17. The molecule has 1 N–H and O–H groups in total. The third kappa shape index (κ3) is 2.50. The second kappa shape index (κ2) is 4.98. The molecule has 3 rings (SSSR count). The highest BCUT2D eigenvalue weighted by molar-refractivity contribution is 5.75. The number of nitrogens with zero attached hydrogens (tertiary/aromatic N) is 1. The first kappa shape index (κ1) is 11.5. The van der Waals surface area contributed by atoms with E-state index in [1.807, 2.05) is 67.6 Å². The average Bonchev–Trinajstić information content (AvgIpc) is 2.45. The molecule has 0 bridgehead atoms. The van der Waals surface area contributed by atoms with Crippen molar-refractivity contribution < 1.29 is 4.42 Å². The van der Waals surface area contributed by atoms with Crippen molar-refractivity contribution in [1.29, 1.82) is 0 Å². The summed E-state index contributed by atoms with van der Waals surface area (Å²) in [6.07, 6.45) is 0. The van der Waals surface area contributed by atoms with Crippen molar-refractivity contribution in [3.63, 3.8) is 0 Å². The van der Waals surface area contributed by atoms with Gasteiger partial charge in [-0.2, -0.15) is 5.10 Å². The van der Waals surface area contributed by atoms with E-state index in [0.717, 1.165) is 27.8 Å². The van der Waals surface area contributed by atoms with E-state index in [4.69, 9.17) is 4.42 Å². The first-order valence-corrected chi connectivity index (χ1v) is 6.17. The quantitative estimate of drug-likeness (QED) is 0.705. The number of para-hydroxylation sites is 2. The van der Waals surface area contributed by atoms with Gasteiger partial charge in [0.25, 0.3) is 0 Å². The SMILES string of the molecule is Cc1c/c(=N/Nc2ccccc2)c2ccccc2o1. The zero-order chi connectivity index (χ0) is 13.1. The standard InChI is InChI=1S/C16H14N2O/c1-12-11-15(14-9-5-6-10-16(14)19-12)18-17-13-7-3-2-4-8-13/h2-11,17H,1H3/b18-15-. The van der Waals surface area contributed by atoms with Gasteiger partial charge < -0.3 is 4.42 Å². The predicted molar refractivity (Wildman–Crippen MR) is 76.6 cm³/mol. The third-order valence-corrected chi connectivity index (χ3v) is 2.85. The molecule has 1 heterocycles. The number of anilines is 1. The summed E-state index contributed by atoms with van der Waals surface area (Å²) in [6.45, 7) is 1.92. The monoisotopic (exact) mass is 250 g/mol. The number of aryl methyl sites for hydroxylation is 1. The van der Waals surface area contributed by atoms with Gasteiger partial charge in [-0.25, -0.2) is 0 Å². The van der Waals surface area contributed by atoms with E-state index in [0.29, 0.717) is 0 Å². The van der Waals surface area contributed by atoms with Gasteiger partial charge in [0.1, 0.15) is 11.3 Å². The van der Waals surface area contributed by atoms with Crippen LogP contribution in [0.5, 0.6) is 0 Å². The predicted octanol–water partition coefficient (Wildman–Crippen LogP) is 3.67. The van der Waals surface area contributed by atoms with Crippen LogP contribution in [0.15, 0.2) is 70.2 Å². The van der Waals surface area contributed by atoms with Crippen LogP contribution in [0.1, 0.15) is 5.76 Å². The van der Waals surface area contributed by atoms with Crippen molar-refractivity contribution in [1.82, 2.24) is 0 Å². The molecule has 0 saturated heterocycles. The summed E-state index contributed by atoms with van der Waals surface area (Å²) < 4.78 is 5.67. The lowest BCUT2D eigenvalue weighted by atomic mass is 10.2. The Bertz CT molecular complexity index is 760. The lowest BCUT2D eigenvalue weighted by molar-refractivity contribution is 0.564. The fourth-order valence-electron chi connectivity index (χ4n) is 1.97. The molecule has 2 aromatic carbocycles. The summed E-state index contributed by atoms with van der Waals surface area (Å²) in [4.78, 5) is 0. The fraction of sp³-hybridized carbons (Fsp3) is 0.0625. The molecule has 19 heavy (non-hydrogen) atoms. The molecule has 94 valence electrons. The van der Waals surface area contributed by atoms with E-state index in [2.05, 4.69) is 10.5 Å². The molecule has 1 aromatic heterocycles. The van der Waals surface area contributed by atoms with Crippen LogP contribution in [0, 0.1) is 6.92 Å². The summed E-state index contributed by atoms with van der Waals surface area (Å²) in [5.74, 6) is 0.840. The van der Waals surface area contributed by atoms with Gasteiger partial charge in [0.15, 0.2) is 0 Å². The largest absolute Gasteiger partial charge is 0.461 e. The molecular formula is C16H14N2O. The van der Waals surface area contributed by atoms with Crippen molar-refractivity contribution in [3.05, 3.63) is 71.8 Å². The van der Waals surface area contributed by atoms with Crippen LogP contribution in [0.25, 0.3) is 11.0 Å². The van der Waals surface area contributed by atoms with E-state index < -0.39 is 0 Å². The highest BCUT2D eigenvalue weighted by atomic mass is 16.3. The normalized spacial score (nSPS) is 11.7. The Kier molecular flexibility index (Phi) is 3.02. The Balaban J connectivity index is 2.09. The number of rotatable bonds is 2. The Morgan fingerprint density at radius 1 is 0.947 bits per heavy atom. The molecule has 0 atom stereocenters. The summed E-state index contributed by atoms with van der Waals surface area (Å²) in [5.41, 5.74) is 4.87. The minimum Gasteiger partial charge on any atom is -0.461 e. The van der Waals surface area contributed by atoms with Crippen LogP contribution in [0.3, 0.4) is 0 Å². The van der Waals surface area contributed by atoms with Gasteiger partial charge in [-0.15, -0.1) is 0 Å². The van der Waals surface area contributed by atoms with Crippen LogP contribution in [-0.2, 0) is 0 Å². The summed E-state index contributed by atoms with van der Waals surface area (Å²) >= 11 is 0. The van der Waals surface area contributed by atoms with E-state index in [1.165, 1.54) is 0 Å². The maximum absolute atomic E-state index is 5.67. The molecule has 0 unspecified atom stereocenters. The van der Waals surface area contributed by atoms with E-state index in [-0.39, 0.29) is 0 Å². The van der Waals surface area contributed by atoms with Gasteiger partial charge in [-0.3, -0.25) is 5.43 Å². The number of fused-ring (bicyclic) bond motifs is 1. The van der Waals surface area contributed by atoms with Gasteiger partial charge >= 0.3 is 0 Å². The Morgan fingerprint density at radius 2 is 1.68 bits per heavy atom. The lowest BCUT2D eigenvalue weighted by Crippen LogP contribution is -2.07. The van der Waals surface area contributed by atoms with Gasteiger partial charge in [0, 0.05) is 11.5 Å². The van der Waals surface area contributed by atoms with Crippen molar-refractivity contribution in [3.8, 4) is 0 Å². The molecule has 3 nitrogen and oxygen atoms in total. The molecule has 3 heteroatoms. The number of nitrogens with one attached hydrogen (secondary N) is 1. The van der Waals surface area contributed by atoms with E-state index >= 15 is 0 Å². The lowest BCUT2D eigenvalue weighted by Gasteiger charge is -2.02. The molecule has 0 aliphatic heterocycles. The third-order valence-electron chi connectivity index (χ3n) is 2.85. The zero-order valence-electron chi connectivity index (χ0n) is 10.6. The molecule has 0 aliphatic carbocycles. The highest BCUT2D eigenvalue weighted by Crippen LogP contribution is 2.11. The highest BCUT2D eigenvalue weighted by Gasteiger charge is 1.99. The van der Waals surface area contributed by atoms with Crippen LogP contribution in [-0.4, -0.2) is 0 Å². The Labute approximate surface area is 111 Å². The van der Waals surface area contributed by atoms with E-state index in [1.54, 1.807) is 0 Å². The number of hydrogen-bond donors (Lipinski definition) is 1. The number of benzene rings is 2. The molecule has 0 radical (unpaired) electrons. The topological polar surface area (TPSA) is 37.5 Å². The van der Waals surface area contributed by atoms with Crippen molar-refractivity contribution >= 4 is 16.7 Å². The van der Waals surface area contributed by atoms with Gasteiger partial charge in [-0.05, 0) is 31.2 Å². The van der Waals surface area contributed by atoms with Crippen molar-refractivity contribution in [2.24, 2.45) is 5.10 Å². The maximum Gasteiger partial charge on any atom is 0.136 e. The summed E-state index contributed by atoms with van der Waals surface area (Å²) in [6, 6.07) is 19.7. The molecule has 0 spiro atoms. The molecule has 0 saturated carbocycles. The maximum atomic E-state index is 5.67. The number of hydrogen-bond acceptors (Lipinski definition) is 3.